The lowest BCUT2D eigenvalue weighted by Gasteiger charge is -2.47. The maximum absolute atomic E-state index is 12.9. The molecule has 0 bridgehead atoms. The first-order valence-corrected chi connectivity index (χ1v) is 21.6. The lowest BCUT2D eigenvalue weighted by atomic mass is 9.76. The van der Waals surface area contributed by atoms with E-state index in [0.29, 0.717) is 16.9 Å². The van der Waals surface area contributed by atoms with Crippen LogP contribution in [0.5, 0.6) is 5.75 Å². The number of carbonyl (C=O) groups excluding carboxylic acids is 2. The molecule has 11 heteroatoms. The molecule has 57 heavy (non-hydrogen) atoms. The van der Waals surface area contributed by atoms with Crippen molar-refractivity contribution < 1.29 is 38.6 Å². The predicted molar refractivity (Wildman–Crippen MR) is 223 cm³/mol. The van der Waals surface area contributed by atoms with Gasteiger partial charge in [0, 0.05) is 35.4 Å². The van der Waals surface area contributed by atoms with Crippen LogP contribution in [0.1, 0.15) is 172 Å². The quantitative estimate of drug-likeness (QED) is 0.0290. The third kappa shape index (κ3) is 13.1. The molecule has 11 nitrogen and oxygen atoms in total. The molecule has 2 aromatic carbocycles. The number of hydrogen-bond donors (Lipinski definition) is 1. The summed E-state index contributed by atoms with van der Waals surface area (Å²) in [6.07, 6.45) is 27.4. The Morgan fingerprint density at radius 1 is 0.789 bits per heavy atom. The van der Waals surface area contributed by atoms with Crippen LogP contribution in [0.25, 0.3) is 6.08 Å². The highest BCUT2D eigenvalue weighted by atomic mass is 16.6. The monoisotopic (exact) mass is 790 g/mol. The Bertz CT molecular complexity index is 1650. The number of hydrogen-bond acceptors (Lipinski definition) is 9. The summed E-state index contributed by atoms with van der Waals surface area (Å²) in [6, 6.07) is 10.6. The van der Waals surface area contributed by atoms with Gasteiger partial charge in [-0.05, 0) is 44.1 Å². The van der Waals surface area contributed by atoms with Crippen LogP contribution in [0.3, 0.4) is 0 Å². The van der Waals surface area contributed by atoms with Crippen molar-refractivity contribution in [3.05, 3.63) is 69.3 Å². The Kier molecular flexibility index (Phi) is 18.4. The van der Waals surface area contributed by atoms with Crippen molar-refractivity contribution >= 4 is 35.4 Å². The first kappa shape index (κ1) is 45.3. The van der Waals surface area contributed by atoms with Gasteiger partial charge < -0.3 is 24.2 Å². The Morgan fingerprint density at radius 2 is 1.35 bits per heavy atom. The average molecular weight is 791 g/mol. The molecule has 2 aliphatic rings. The molecule has 4 rings (SSSR count). The molecule has 1 spiro atoms. The van der Waals surface area contributed by atoms with Gasteiger partial charge in [-0.1, -0.05) is 141 Å². The second kappa shape index (κ2) is 23.1. The number of nitro groups is 1. The molecular formula is C46H66N2O9. The number of carbonyl (C=O) groups is 3. The summed E-state index contributed by atoms with van der Waals surface area (Å²) in [5.74, 6) is -2.10. The summed E-state index contributed by atoms with van der Waals surface area (Å²) >= 11 is 0. The molecule has 1 N–H and O–H groups in total. The van der Waals surface area contributed by atoms with Gasteiger partial charge in [-0.25, -0.2) is 0 Å². The van der Waals surface area contributed by atoms with E-state index in [9.17, 15) is 24.5 Å². The van der Waals surface area contributed by atoms with Crippen molar-refractivity contribution in [1.29, 1.82) is 0 Å². The minimum Gasteiger partial charge on any atom is -0.481 e. The number of esters is 2. The zero-order chi connectivity index (χ0) is 41.1. The first-order chi connectivity index (χ1) is 27.5. The number of para-hydroxylation sites is 1. The molecule has 0 amide bonds. The van der Waals surface area contributed by atoms with E-state index in [1.165, 1.54) is 115 Å². The molecule has 2 heterocycles. The number of carboxylic acid groups (broad SMARTS) is 1. The van der Waals surface area contributed by atoms with Crippen molar-refractivity contribution in [2.75, 3.05) is 18.1 Å². The SMILES string of the molecule is CCCCCCCCCCCCCCCCCCCCCC(=O)OCc1cc([N+](=O)[O-])cc2c1OC1(C=C2)N(CCOC(=O)CC(=O)O)c2ccccc2C1(C)C. The zero-order valence-corrected chi connectivity index (χ0v) is 34.7. The van der Waals surface area contributed by atoms with Gasteiger partial charge in [0.1, 0.15) is 25.4 Å². The van der Waals surface area contributed by atoms with E-state index >= 15 is 0 Å². The summed E-state index contributed by atoms with van der Waals surface area (Å²) in [7, 11) is 0. The Labute approximate surface area is 339 Å². The van der Waals surface area contributed by atoms with Crippen LogP contribution in [0.4, 0.5) is 11.4 Å². The fourth-order valence-corrected chi connectivity index (χ4v) is 8.27. The van der Waals surface area contributed by atoms with Crippen molar-refractivity contribution in [2.24, 2.45) is 0 Å². The zero-order valence-electron chi connectivity index (χ0n) is 34.7. The first-order valence-electron chi connectivity index (χ1n) is 21.6. The Balaban J connectivity index is 1.22. The number of nitrogens with zero attached hydrogens (tertiary/aromatic N) is 2. The highest BCUT2D eigenvalue weighted by molar-refractivity contribution is 5.90. The number of unbranched alkanes of at least 4 members (excludes halogenated alkanes) is 18. The van der Waals surface area contributed by atoms with E-state index in [4.69, 9.17) is 19.3 Å². The van der Waals surface area contributed by atoms with Gasteiger partial charge in [0.15, 0.2) is 0 Å². The molecule has 1 atom stereocenters. The highest BCUT2D eigenvalue weighted by Gasteiger charge is 2.59. The van der Waals surface area contributed by atoms with E-state index in [0.717, 1.165) is 30.5 Å². The van der Waals surface area contributed by atoms with Crippen molar-refractivity contribution in [3.8, 4) is 5.75 Å². The molecule has 0 saturated heterocycles. The smallest absolute Gasteiger partial charge is 0.317 e. The topological polar surface area (TPSA) is 146 Å². The second-order valence-corrected chi connectivity index (χ2v) is 16.3. The molecule has 0 radical (unpaired) electrons. The van der Waals surface area contributed by atoms with Crippen LogP contribution >= 0.6 is 0 Å². The molecule has 314 valence electrons. The standard InChI is InChI=1S/C46H66N2O9/c1-4-5-6-7-8-9-10-11-12-13-14-15-16-17-18-19-20-21-22-27-42(51)56-35-37-33-38(48(53)54)32-36-28-29-46(57-44(36)37)45(2,3)39-25-23-24-26-40(39)47(46)30-31-55-43(52)34-41(49)50/h23-26,28-29,32-33H,4-22,27,30-31,34-35H2,1-3H3,(H,49,50). The van der Waals surface area contributed by atoms with Crippen molar-refractivity contribution in [3.63, 3.8) is 0 Å². The number of rotatable bonds is 28. The van der Waals surface area contributed by atoms with Gasteiger partial charge in [-0.15, -0.1) is 0 Å². The minimum atomic E-state index is -1.27. The molecule has 0 aliphatic carbocycles. The van der Waals surface area contributed by atoms with Crippen LogP contribution < -0.4 is 9.64 Å². The van der Waals surface area contributed by atoms with Gasteiger partial charge in [0.05, 0.1) is 16.9 Å². The largest absolute Gasteiger partial charge is 0.481 e. The molecule has 1 unspecified atom stereocenters. The summed E-state index contributed by atoms with van der Waals surface area (Å²) in [6.45, 7) is 6.23. The molecule has 0 fully saturated rings. The third-order valence-corrected chi connectivity index (χ3v) is 11.5. The summed E-state index contributed by atoms with van der Waals surface area (Å²) < 4.78 is 17.9. The minimum absolute atomic E-state index is 0.0907. The number of ether oxygens (including phenoxy) is 3. The number of anilines is 1. The molecule has 0 aromatic heterocycles. The van der Waals surface area contributed by atoms with Gasteiger partial charge in [-0.3, -0.25) is 24.5 Å². The van der Waals surface area contributed by atoms with Gasteiger partial charge in [-0.2, -0.15) is 0 Å². The molecular weight excluding hydrogens is 725 g/mol. The highest BCUT2D eigenvalue weighted by Crippen LogP contribution is 2.55. The molecule has 2 aliphatic heterocycles. The van der Waals surface area contributed by atoms with Gasteiger partial charge >= 0.3 is 17.9 Å². The number of fused-ring (bicyclic) bond motifs is 2. The lowest BCUT2D eigenvalue weighted by Crippen LogP contribution is -2.60. The van der Waals surface area contributed by atoms with Crippen molar-refractivity contribution in [2.45, 2.75) is 173 Å². The van der Waals surface area contributed by atoms with E-state index in [1.54, 1.807) is 6.08 Å². The fourth-order valence-electron chi connectivity index (χ4n) is 8.27. The van der Waals surface area contributed by atoms with E-state index in [2.05, 4.69) is 6.92 Å². The van der Waals surface area contributed by atoms with E-state index in [-0.39, 0.29) is 37.8 Å². The average Bonchev–Trinajstić information content (AvgIpc) is 3.35. The van der Waals surface area contributed by atoms with Gasteiger partial charge in [0.2, 0.25) is 5.72 Å². The van der Waals surface area contributed by atoms with Crippen molar-refractivity contribution in [1.82, 2.24) is 0 Å². The van der Waals surface area contributed by atoms with Crippen LogP contribution in [-0.2, 0) is 35.9 Å². The van der Waals surface area contributed by atoms with Crippen LogP contribution in [0, 0.1) is 10.1 Å². The van der Waals surface area contributed by atoms with E-state index < -0.39 is 34.4 Å². The summed E-state index contributed by atoms with van der Waals surface area (Å²) in [4.78, 5) is 49.3. The maximum atomic E-state index is 12.9. The number of nitro benzene ring substituents is 1. The Morgan fingerprint density at radius 3 is 1.91 bits per heavy atom. The lowest BCUT2D eigenvalue weighted by molar-refractivity contribution is -0.385. The number of benzene rings is 2. The summed E-state index contributed by atoms with van der Waals surface area (Å²) in [5, 5.41) is 20.9. The third-order valence-electron chi connectivity index (χ3n) is 11.5. The number of aliphatic carboxylic acids is 1. The second-order valence-electron chi connectivity index (χ2n) is 16.3. The fraction of sp³-hybridized carbons (Fsp3) is 0.630. The van der Waals surface area contributed by atoms with Gasteiger partial charge in [0.25, 0.3) is 5.69 Å². The predicted octanol–water partition coefficient (Wildman–Crippen LogP) is 11.4. The number of non-ortho nitro benzene ring substituents is 1. The molecule has 0 saturated carbocycles. The normalized spacial score (nSPS) is 16.2. The van der Waals surface area contributed by atoms with Crippen LogP contribution in [0.2, 0.25) is 0 Å². The van der Waals surface area contributed by atoms with E-state index in [1.807, 2.05) is 49.1 Å². The number of carboxylic acids is 1. The van der Waals surface area contributed by atoms with Crippen LogP contribution in [-0.4, -0.2) is 46.8 Å². The summed E-state index contributed by atoms with van der Waals surface area (Å²) in [5.41, 5.74) is 0.737. The van der Waals surface area contributed by atoms with Crippen LogP contribution in [0.15, 0.2) is 42.5 Å². The molecule has 2 aromatic rings. The maximum Gasteiger partial charge on any atom is 0.317 e. The Hall–Kier alpha value is -4.41.